The lowest BCUT2D eigenvalue weighted by Gasteiger charge is -2.23. The SMILES string of the molecule is CCc1nc(N(CC(C)C)C2CC2)sc1CO. The Morgan fingerprint density at radius 2 is 2.18 bits per heavy atom. The van der Waals surface area contributed by atoms with Gasteiger partial charge in [-0.05, 0) is 25.2 Å². The van der Waals surface area contributed by atoms with Crippen LogP contribution < -0.4 is 4.90 Å². The number of aromatic nitrogens is 1. The lowest BCUT2D eigenvalue weighted by atomic mass is 10.2. The smallest absolute Gasteiger partial charge is 0.186 e. The number of rotatable bonds is 6. The standard InChI is InChI=1S/C13H22N2OS/c1-4-11-12(8-16)17-13(14-11)15(7-9(2)3)10-5-6-10/h9-10,16H,4-8H2,1-3H3. The van der Waals surface area contributed by atoms with E-state index in [0.29, 0.717) is 12.0 Å². The van der Waals surface area contributed by atoms with E-state index in [1.54, 1.807) is 11.3 Å². The number of hydrogen-bond acceptors (Lipinski definition) is 4. The maximum absolute atomic E-state index is 9.33. The van der Waals surface area contributed by atoms with Crippen molar-refractivity contribution in [2.24, 2.45) is 5.92 Å². The van der Waals surface area contributed by atoms with Gasteiger partial charge in [-0.1, -0.05) is 32.1 Å². The summed E-state index contributed by atoms with van der Waals surface area (Å²) in [6.45, 7) is 7.79. The van der Waals surface area contributed by atoms with Crippen LogP contribution in [0.15, 0.2) is 0 Å². The second kappa shape index (κ2) is 5.36. The van der Waals surface area contributed by atoms with Gasteiger partial charge in [-0.2, -0.15) is 0 Å². The van der Waals surface area contributed by atoms with Crippen molar-refractivity contribution in [3.63, 3.8) is 0 Å². The number of hydrogen-bond donors (Lipinski definition) is 1. The summed E-state index contributed by atoms with van der Waals surface area (Å²) in [6, 6.07) is 0.694. The summed E-state index contributed by atoms with van der Waals surface area (Å²) in [5.74, 6) is 0.655. The Balaban J connectivity index is 2.19. The zero-order chi connectivity index (χ0) is 12.4. The summed E-state index contributed by atoms with van der Waals surface area (Å²) in [6.07, 6.45) is 3.50. The van der Waals surface area contributed by atoms with Crippen LogP contribution in [0.4, 0.5) is 5.13 Å². The molecule has 4 heteroatoms. The molecule has 1 aromatic heterocycles. The van der Waals surface area contributed by atoms with Crippen molar-refractivity contribution < 1.29 is 5.11 Å². The van der Waals surface area contributed by atoms with Gasteiger partial charge in [0.25, 0.3) is 0 Å². The molecule has 1 saturated carbocycles. The van der Waals surface area contributed by atoms with Crippen LogP contribution in [0, 0.1) is 5.92 Å². The number of nitrogens with zero attached hydrogens (tertiary/aromatic N) is 2. The van der Waals surface area contributed by atoms with Crippen LogP contribution in [0.3, 0.4) is 0 Å². The molecule has 0 saturated heterocycles. The first kappa shape index (κ1) is 12.8. The average Bonchev–Trinajstić information content (AvgIpc) is 3.05. The topological polar surface area (TPSA) is 36.4 Å². The summed E-state index contributed by atoms with van der Waals surface area (Å²) in [7, 11) is 0. The van der Waals surface area contributed by atoms with Gasteiger partial charge in [0, 0.05) is 12.6 Å². The molecule has 0 bridgehead atoms. The predicted molar refractivity (Wildman–Crippen MR) is 72.6 cm³/mol. The highest BCUT2D eigenvalue weighted by Crippen LogP contribution is 2.36. The van der Waals surface area contributed by atoms with Crippen molar-refractivity contribution in [2.75, 3.05) is 11.4 Å². The molecule has 3 nitrogen and oxygen atoms in total. The van der Waals surface area contributed by atoms with Crippen molar-refractivity contribution in [1.82, 2.24) is 4.98 Å². The molecule has 0 spiro atoms. The normalized spacial score (nSPS) is 15.6. The number of aryl methyl sites for hydroxylation is 1. The van der Waals surface area contributed by atoms with Crippen LogP contribution in [0.1, 0.15) is 44.2 Å². The van der Waals surface area contributed by atoms with Gasteiger partial charge in [0.05, 0.1) is 17.2 Å². The molecular weight excluding hydrogens is 232 g/mol. The van der Waals surface area contributed by atoms with E-state index in [9.17, 15) is 5.11 Å². The van der Waals surface area contributed by atoms with Crippen molar-refractivity contribution in [3.05, 3.63) is 10.6 Å². The largest absolute Gasteiger partial charge is 0.391 e. The molecule has 0 amide bonds. The van der Waals surface area contributed by atoms with Gasteiger partial charge in [-0.3, -0.25) is 0 Å². The maximum atomic E-state index is 9.33. The Labute approximate surface area is 107 Å². The van der Waals surface area contributed by atoms with E-state index in [1.807, 2.05) is 0 Å². The molecule has 1 aliphatic carbocycles. The van der Waals surface area contributed by atoms with Crippen LogP contribution in [0.5, 0.6) is 0 Å². The van der Waals surface area contributed by atoms with E-state index >= 15 is 0 Å². The monoisotopic (exact) mass is 254 g/mol. The Hall–Kier alpha value is -0.610. The van der Waals surface area contributed by atoms with Gasteiger partial charge < -0.3 is 10.0 Å². The number of aliphatic hydroxyl groups is 1. The van der Waals surface area contributed by atoms with Gasteiger partial charge >= 0.3 is 0 Å². The van der Waals surface area contributed by atoms with Crippen LogP contribution in [0.2, 0.25) is 0 Å². The highest BCUT2D eigenvalue weighted by molar-refractivity contribution is 7.15. The molecule has 0 aliphatic heterocycles. The molecular formula is C13H22N2OS. The summed E-state index contributed by atoms with van der Waals surface area (Å²) in [5.41, 5.74) is 1.07. The first-order valence-electron chi connectivity index (χ1n) is 6.51. The zero-order valence-corrected chi connectivity index (χ0v) is 11.8. The van der Waals surface area contributed by atoms with Gasteiger partial charge in [0.1, 0.15) is 0 Å². The van der Waals surface area contributed by atoms with Crippen LogP contribution in [-0.2, 0) is 13.0 Å². The van der Waals surface area contributed by atoms with Crippen molar-refractivity contribution in [1.29, 1.82) is 0 Å². The Morgan fingerprint density at radius 3 is 2.59 bits per heavy atom. The fourth-order valence-corrected chi connectivity index (χ4v) is 3.14. The van der Waals surface area contributed by atoms with Crippen molar-refractivity contribution in [2.45, 2.75) is 52.7 Å². The van der Waals surface area contributed by atoms with E-state index < -0.39 is 0 Å². The average molecular weight is 254 g/mol. The lowest BCUT2D eigenvalue weighted by molar-refractivity contribution is 0.284. The number of aliphatic hydroxyl groups excluding tert-OH is 1. The Morgan fingerprint density at radius 1 is 1.47 bits per heavy atom. The van der Waals surface area contributed by atoms with Crippen molar-refractivity contribution >= 4 is 16.5 Å². The minimum Gasteiger partial charge on any atom is -0.391 e. The van der Waals surface area contributed by atoms with Crippen molar-refractivity contribution in [3.8, 4) is 0 Å². The number of thiazole rings is 1. The molecule has 2 rings (SSSR count). The maximum Gasteiger partial charge on any atom is 0.186 e. The summed E-state index contributed by atoms with van der Waals surface area (Å²) >= 11 is 1.67. The van der Waals surface area contributed by atoms with E-state index in [4.69, 9.17) is 4.98 Å². The lowest BCUT2D eigenvalue weighted by Crippen LogP contribution is -2.29. The highest BCUT2D eigenvalue weighted by atomic mass is 32.1. The highest BCUT2D eigenvalue weighted by Gasteiger charge is 2.31. The molecule has 17 heavy (non-hydrogen) atoms. The van der Waals surface area contributed by atoms with Crippen LogP contribution in [0.25, 0.3) is 0 Å². The second-order valence-corrected chi connectivity index (χ2v) is 6.22. The third-order valence-electron chi connectivity index (χ3n) is 3.04. The molecule has 0 atom stereocenters. The van der Waals surface area contributed by atoms with Crippen LogP contribution in [-0.4, -0.2) is 22.7 Å². The first-order valence-corrected chi connectivity index (χ1v) is 7.33. The van der Waals surface area contributed by atoms with Crippen LogP contribution >= 0.6 is 11.3 Å². The molecule has 0 unspecified atom stereocenters. The number of anilines is 1. The summed E-state index contributed by atoms with van der Waals surface area (Å²) < 4.78 is 0. The van der Waals surface area contributed by atoms with E-state index in [2.05, 4.69) is 25.7 Å². The second-order valence-electron chi connectivity index (χ2n) is 5.16. The third kappa shape index (κ3) is 2.99. The van der Waals surface area contributed by atoms with Gasteiger partial charge in [0.15, 0.2) is 5.13 Å². The quantitative estimate of drug-likeness (QED) is 0.848. The Bertz CT molecular complexity index is 350. The molecule has 1 heterocycles. The van der Waals surface area contributed by atoms with Gasteiger partial charge in [0.2, 0.25) is 0 Å². The predicted octanol–water partition coefficient (Wildman–Crippen LogP) is 2.82. The fourth-order valence-electron chi connectivity index (χ4n) is 2.06. The first-order chi connectivity index (χ1) is 8.15. The van der Waals surface area contributed by atoms with E-state index in [0.717, 1.165) is 28.7 Å². The zero-order valence-electron chi connectivity index (χ0n) is 10.9. The van der Waals surface area contributed by atoms with Gasteiger partial charge in [-0.15, -0.1) is 0 Å². The fraction of sp³-hybridized carbons (Fsp3) is 0.769. The minimum atomic E-state index is 0.126. The Kier molecular flexibility index (Phi) is 4.05. The molecule has 0 radical (unpaired) electrons. The molecule has 1 fully saturated rings. The van der Waals surface area contributed by atoms with Gasteiger partial charge in [-0.25, -0.2) is 4.98 Å². The third-order valence-corrected chi connectivity index (χ3v) is 4.16. The molecule has 1 aliphatic rings. The summed E-state index contributed by atoms with van der Waals surface area (Å²) in [5, 5.41) is 10.4. The molecule has 96 valence electrons. The molecule has 1 aromatic rings. The summed E-state index contributed by atoms with van der Waals surface area (Å²) in [4.78, 5) is 8.18. The minimum absolute atomic E-state index is 0.126. The molecule has 1 N–H and O–H groups in total. The van der Waals surface area contributed by atoms with E-state index in [1.165, 1.54) is 12.8 Å². The van der Waals surface area contributed by atoms with E-state index in [-0.39, 0.29) is 6.61 Å². The molecule has 0 aromatic carbocycles.